The van der Waals surface area contributed by atoms with Gasteiger partial charge in [-0.3, -0.25) is 9.48 Å². The van der Waals surface area contributed by atoms with E-state index in [2.05, 4.69) is 19.2 Å². The van der Waals surface area contributed by atoms with Gasteiger partial charge in [-0.1, -0.05) is 32.0 Å². The van der Waals surface area contributed by atoms with Crippen molar-refractivity contribution in [3.05, 3.63) is 52.3 Å². The Kier molecular flexibility index (Phi) is 6.61. The monoisotopic (exact) mass is 453 g/mol. The molecule has 178 valence electrons. The molecule has 7 heteroatoms. The summed E-state index contributed by atoms with van der Waals surface area (Å²) in [5, 5.41) is 8.00. The molecule has 1 aromatic carbocycles. The maximum atomic E-state index is 13.0. The number of aryl methyl sites for hydroxylation is 2. The second-order valence-electron chi connectivity index (χ2n) is 10.3. The number of nitrogens with one attached hydrogen (secondary N) is 1. The van der Waals surface area contributed by atoms with Crippen molar-refractivity contribution in [2.45, 2.75) is 59.9 Å². The van der Waals surface area contributed by atoms with Gasteiger partial charge in [0.2, 0.25) is 0 Å². The number of carbonyl (C=O) groups excluding carboxylic acids is 2. The van der Waals surface area contributed by atoms with Crippen molar-refractivity contribution in [1.82, 2.24) is 15.1 Å². The Bertz CT molecular complexity index is 1030. The van der Waals surface area contributed by atoms with E-state index in [1.807, 2.05) is 36.7 Å². The lowest BCUT2D eigenvalue weighted by Crippen LogP contribution is -2.40. The number of amides is 1. The largest absolute Gasteiger partial charge is 0.462 e. The summed E-state index contributed by atoms with van der Waals surface area (Å²) in [5.41, 5.74) is 3.85. The first-order valence-electron chi connectivity index (χ1n) is 11.9. The number of hydrogen-bond acceptors (Lipinski definition) is 5. The molecule has 1 aromatic heterocycles. The van der Waals surface area contributed by atoms with Crippen LogP contribution < -0.4 is 5.32 Å². The molecule has 0 aliphatic carbocycles. The van der Waals surface area contributed by atoms with E-state index in [-0.39, 0.29) is 29.3 Å². The highest BCUT2D eigenvalue weighted by atomic mass is 16.5. The van der Waals surface area contributed by atoms with E-state index in [1.54, 1.807) is 6.07 Å². The highest BCUT2D eigenvalue weighted by molar-refractivity contribution is 5.95. The van der Waals surface area contributed by atoms with Gasteiger partial charge in [-0.15, -0.1) is 0 Å². The Balaban J connectivity index is 1.56. The van der Waals surface area contributed by atoms with Crippen LogP contribution in [-0.2, 0) is 28.9 Å². The Morgan fingerprint density at radius 1 is 1.27 bits per heavy atom. The zero-order valence-electron chi connectivity index (χ0n) is 20.2. The lowest BCUT2D eigenvalue weighted by atomic mass is 9.74. The van der Waals surface area contributed by atoms with Gasteiger partial charge in [-0.05, 0) is 50.2 Å². The van der Waals surface area contributed by atoms with Crippen molar-refractivity contribution in [1.29, 1.82) is 0 Å². The SMILES string of the molecule is CCn1nc(CC(C)(C)COC(=O)c2ccccc2C)c2c1C(=O)NCC1(CCOCC1)C2. The Hall–Kier alpha value is -2.67. The second-order valence-corrected chi connectivity index (χ2v) is 10.3. The van der Waals surface area contributed by atoms with Gasteiger partial charge >= 0.3 is 5.97 Å². The summed E-state index contributed by atoms with van der Waals surface area (Å²) in [7, 11) is 0. The van der Waals surface area contributed by atoms with Gasteiger partial charge in [0.15, 0.2) is 0 Å². The average Bonchev–Trinajstić information content (AvgIpc) is 3.05. The van der Waals surface area contributed by atoms with E-state index < -0.39 is 0 Å². The average molecular weight is 454 g/mol. The van der Waals surface area contributed by atoms with Gasteiger partial charge in [0.1, 0.15) is 5.69 Å². The predicted octanol–water partition coefficient (Wildman–Crippen LogP) is 3.72. The maximum absolute atomic E-state index is 13.0. The first-order chi connectivity index (χ1) is 15.7. The Morgan fingerprint density at radius 3 is 2.70 bits per heavy atom. The Labute approximate surface area is 195 Å². The molecule has 2 aliphatic rings. The predicted molar refractivity (Wildman–Crippen MR) is 125 cm³/mol. The summed E-state index contributed by atoms with van der Waals surface area (Å²) in [4.78, 5) is 25.7. The van der Waals surface area contributed by atoms with Gasteiger partial charge in [0, 0.05) is 43.7 Å². The second kappa shape index (κ2) is 9.29. The topological polar surface area (TPSA) is 82.5 Å². The summed E-state index contributed by atoms with van der Waals surface area (Å²) in [6, 6.07) is 7.46. The van der Waals surface area contributed by atoms with Crippen LogP contribution in [-0.4, -0.2) is 48.0 Å². The van der Waals surface area contributed by atoms with Crippen LogP contribution in [0.15, 0.2) is 24.3 Å². The van der Waals surface area contributed by atoms with E-state index in [0.717, 1.165) is 49.3 Å². The number of aromatic nitrogens is 2. The smallest absolute Gasteiger partial charge is 0.338 e. The molecule has 3 heterocycles. The van der Waals surface area contributed by atoms with Crippen molar-refractivity contribution in [2.75, 3.05) is 26.4 Å². The molecule has 1 fully saturated rings. The summed E-state index contributed by atoms with van der Waals surface area (Å²) in [5.74, 6) is -0.350. The number of nitrogens with zero attached hydrogens (tertiary/aromatic N) is 2. The number of esters is 1. The van der Waals surface area contributed by atoms with Crippen LogP contribution in [0, 0.1) is 17.8 Å². The highest BCUT2D eigenvalue weighted by Gasteiger charge is 2.40. The van der Waals surface area contributed by atoms with Crippen LogP contribution in [0.1, 0.15) is 71.3 Å². The fourth-order valence-corrected chi connectivity index (χ4v) is 4.95. The molecule has 0 unspecified atom stereocenters. The van der Waals surface area contributed by atoms with Crippen molar-refractivity contribution in [3.63, 3.8) is 0 Å². The summed E-state index contributed by atoms with van der Waals surface area (Å²) >= 11 is 0. The first-order valence-corrected chi connectivity index (χ1v) is 11.9. The minimum absolute atomic E-state index is 0.0109. The van der Waals surface area contributed by atoms with Crippen LogP contribution in [0.2, 0.25) is 0 Å². The van der Waals surface area contributed by atoms with Gasteiger partial charge < -0.3 is 14.8 Å². The third-order valence-electron chi connectivity index (χ3n) is 6.98. The van der Waals surface area contributed by atoms with E-state index in [4.69, 9.17) is 14.6 Å². The van der Waals surface area contributed by atoms with Crippen LogP contribution in [0.4, 0.5) is 0 Å². The van der Waals surface area contributed by atoms with E-state index >= 15 is 0 Å². The maximum Gasteiger partial charge on any atom is 0.338 e. The molecule has 1 N–H and O–H groups in total. The molecule has 1 amide bonds. The van der Waals surface area contributed by atoms with Crippen LogP contribution in [0.5, 0.6) is 0 Å². The minimum Gasteiger partial charge on any atom is -0.462 e. The molecule has 7 nitrogen and oxygen atoms in total. The third-order valence-corrected chi connectivity index (χ3v) is 6.98. The molecular weight excluding hydrogens is 418 g/mol. The van der Waals surface area contributed by atoms with Crippen LogP contribution in [0.3, 0.4) is 0 Å². The number of benzene rings is 1. The third kappa shape index (κ3) is 4.98. The molecule has 0 saturated carbocycles. The summed E-state index contributed by atoms with van der Waals surface area (Å²) < 4.78 is 13.1. The Morgan fingerprint density at radius 2 is 2.00 bits per heavy atom. The van der Waals surface area contributed by atoms with Crippen molar-refractivity contribution in [3.8, 4) is 0 Å². The lowest BCUT2D eigenvalue weighted by molar-refractivity contribution is 0.0159. The number of fused-ring (bicyclic) bond motifs is 1. The molecular formula is C26H35N3O4. The highest BCUT2D eigenvalue weighted by Crippen LogP contribution is 2.38. The quantitative estimate of drug-likeness (QED) is 0.674. The van der Waals surface area contributed by atoms with Gasteiger partial charge in [-0.2, -0.15) is 5.10 Å². The molecule has 0 bridgehead atoms. The molecule has 0 radical (unpaired) electrons. The van der Waals surface area contributed by atoms with Gasteiger partial charge in [0.05, 0.1) is 17.9 Å². The zero-order valence-corrected chi connectivity index (χ0v) is 20.2. The molecule has 2 aromatic rings. The van der Waals surface area contributed by atoms with E-state index in [1.165, 1.54) is 0 Å². The minimum atomic E-state index is -0.329. The fourth-order valence-electron chi connectivity index (χ4n) is 4.95. The number of hydrogen-bond donors (Lipinski definition) is 1. The molecule has 0 atom stereocenters. The summed E-state index contributed by atoms with van der Waals surface area (Å²) in [6.45, 7) is 11.1. The number of ether oxygens (including phenoxy) is 2. The molecule has 4 rings (SSSR count). The number of carbonyl (C=O) groups is 2. The fraction of sp³-hybridized carbons (Fsp3) is 0.577. The van der Waals surface area contributed by atoms with Crippen molar-refractivity contribution < 1.29 is 19.1 Å². The molecule has 1 spiro atoms. The normalized spacial score (nSPS) is 17.9. The van der Waals surface area contributed by atoms with Crippen molar-refractivity contribution in [2.24, 2.45) is 10.8 Å². The molecule has 33 heavy (non-hydrogen) atoms. The number of rotatable bonds is 6. The summed E-state index contributed by atoms with van der Waals surface area (Å²) in [6.07, 6.45) is 3.31. The molecule has 2 aliphatic heterocycles. The lowest BCUT2D eigenvalue weighted by Gasteiger charge is -2.36. The van der Waals surface area contributed by atoms with E-state index in [0.29, 0.717) is 30.8 Å². The van der Waals surface area contributed by atoms with Gasteiger partial charge in [-0.25, -0.2) is 4.79 Å². The van der Waals surface area contributed by atoms with E-state index in [9.17, 15) is 9.59 Å². The first kappa shape index (κ1) is 23.5. The molecule has 1 saturated heterocycles. The van der Waals surface area contributed by atoms with Gasteiger partial charge in [0.25, 0.3) is 5.91 Å². The van der Waals surface area contributed by atoms with Crippen LogP contribution >= 0.6 is 0 Å². The zero-order chi connectivity index (χ0) is 23.6. The van der Waals surface area contributed by atoms with Crippen molar-refractivity contribution >= 4 is 11.9 Å². The standard InChI is InChI=1S/C26H35N3O4/c1-5-29-22-20(14-26(16-27-23(22)30)10-12-32-13-11-26)21(28-29)15-25(3,4)17-33-24(31)19-9-7-6-8-18(19)2/h6-9H,5,10-17H2,1-4H3,(H,27,30). The van der Waals surface area contributed by atoms with Crippen LogP contribution in [0.25, 0.3) is 0 Å².